The first-order valence-corrected chi connectivity index (χ1v) is 10.8. The second-order valence-electron chi connectivity index (χ2n) is 7.12. The zero-order chi connectivity index (χ0) is 20.6. The summed E-state index contributed by atoms with van der Waals surface area (Å²) < 4.78 is 45.6. The van der Waals surface area contributed by atoms with Gasteiger partial charge in [0, 0.05) is 37.2 Å². The van der Waals surface area contributed by atoms with Gasteiger partial charge in [0.1, 0.15) is 0 Å². The Balaban J connectivity index is 1.75. The van der Waals surface area contributed by atoms with Crippen LogP contribution < -0.4 is 0 Å². The second-order valence-corrected chi connectivity index (χ2v) is 9.34. The summed E-state index contributed by atoms with van der Waals surface area (Å²) in [4.78, 5) is 5.72. The zero-order valence-corrected chi connectivity index (χ0v) is 17.7. The highest BCUT2D eigenvalue weighted by molar-refractivity contribution is 7.99. The summed E-state index contributed by atoms with van der Waals surface area (Å²) in [5, 5.41) is 0. The lowest BCUT2D eigenvalue weighted by Gasteiger charge is -2.11. The smallest absolute Gasteiger partial charge is 0.375 e. The molecule has 3 aromatic rings. The standard InChI is InChI=1S/C22H20F3NOS2/c1-26(2)9-10-27-13-15-12-18-16-5-3-4-6-19(16)29-20-11-14(22(23,24)25)7-8-17(20)21(18)28-15/h3-8,11-12H,9-10,13H2,1-2H3. The lowest BCUT2D eigenvalue weighted by Crippen LogP contribution is -2.17. The third kappa shape index (κ3) is 4.38. The van der Waals surface area contributed by atoms with Gasteiger partial charge in [-0.15, -0.1) is 11.3 Å². The molecule has 2 nitrogen and oxygen atoms in total. The van der Waals surface area contributed by atoms with E-state index in [0.29, 0.717) is 18.1 Å². The fraction of sp³-hybridized carbons (Fsp3) is 0.273. The van der Waals surface area contributed by atoms with E-state index in [0.717, 1.165) is 37.9 Å². The minimum Gasteiger partial charge on any atom is -0.375 e. The SMILES string of the molecule is CN(C)CCOCc1cc2c(s1)-c1ccc(C(F)(F)F)cc1Sc1ccccc1-2. The lowest BCUT2D eigenvalue weighted by atomic mass is 10.0. The van der Waals surface area contributed by atoms with Crippen LogP contribution in [0.4, 0.5) is 13.2 Å². The number of halogens is 3. The van der Waals surface area contributed by atoms with Crippen molar-refractivity contribution in [1.82, 2.24) is 4.90 Å². The van der Waals surface area contributed by atoms with Crippen molar-refractivity contribution < 1.29 is 17.9 Å². The molecule has 0 fully saturated rings. The first-order chi connectivity index (χ1) is 13.8. The van der Waals surface area contributed by atoms with Crippen molar-refractivity contribution in [2.24, 2.45) is 0 Å². The van der Waals surface area contributed by atoms with Gasteiger partial charge in [-0.05, 0) is 43.9 Å². The number of hydrogen-bond donors (Lipinski definition) is 0. The van der Waals surface area contributed by atoms with Crippen molar-refractivity contribution >= 4 is 23.1 Å². The van der Waals surface area contributed by atoms with Crippen LogP contribution in [0.3, 0.4) is 0 Å². The third-order valence-electron chi connectivity index (χ3n) is 4.66. The molecule has 1 aliphatic rings. The van der Waals surface area contributed by atoms with Crippen molar-refractivity contribution in [2.75, 3.05) is 27.2 Å². The molecule has 2 heterocycles. The third-order valence-corrected chi connectivity index (χ3v) is 6.94. The van der Waals surface area contributed by atoms with Gasteiger partial charge in [0.05, 0.1) is 18.8 Å². The minimum absolute atomic E-state index is 0.497. The average Bonchev–Trinajstić information content (AvgIpc) is 3.03. The monoisotopic (exact) mass is 435 g/mol. The fourth-order valence-corrected chi connectivity index (χ4v) is 5.55. The molecule has 7 heteroatoms. The summed E-state index contributed by atoms with van der Waals surface area (Å²) in [5.74, 6) is 0. The van der Waals surface area contributed by atoms with Gasteiger partial charge >= 0.3 is 6.18 Å². The van der Waals surface area contributed by atoms with Crippen LogP contribution in [0.1, 0.15) is 10.4 Å². The van der Waals surface area contributed by atoms with Crippen LogP contribution in [0.25, 0.3) is 21.6 Å². The zero-order valence-electron chi connectivity index (χ0n) is 16.0. The maximum Gasteiger partial charge on any atom is 0.416 e. The molecule has 0 atom stereocenters. The molecule has 0 spiro atoms. The predicted molar refractivity (Wildman–Crippen MR) is 113 cm³/mol. The summed E-state index contributed by atoms with van der Waals surface area (Å²) in [7, 11) is 3.99. The van der Waals surface area contributed by atoms with Gasteiger partial charge in [-0.2, -0.15) is 13.2 Å². The highest BCUT2D eigenvalue weighted by Crippen LogP contribution is 2.51. The quantitative estimate of drug-likeness (QED) is 0.326. The molecule has 0 N–H and O–H groups in total. The average molecular weight is 436 g/mol. The number of benzene rings is 2. The molecule has 0 saturated heterocycles. The number of likely N-dealkylation sites (N-methyl/N-ethyl adjacent to an activating group) is 1. The Morgan fingerprint density at radius 1 is 0.931 bits per heavy atom. The van der Waals surface area contributed by atoms with Gasteiger partial charge in [-0.1, -0.05) is 36.0 Å². The maximum atomic E-state index is 13.3. The van der Waals surface area contributed by atoms with Crippen molar-refractivity contribution in [1.29, 1.82) is 0 Å². The predicted octanol–water partition coefficient (Wildman–Crippen LogP) is 6.64. The Labute approximate surface area is 176 Å². The lowest BCUT2D eigenvalue weighted by molar-refractivity contribution is -0.137. The van der Waals surface area contributed by atoms with Gasteiger partial charge in [0.15, 0.2) is 0 Å². The van der Waals surface area contributed by atoms with E-state index in [-0.39, 0.29) is 0 Å². The van der Waals surface area contributed by atoms with E-state index in [9.17, 15) is 13.2 Å². The van der Waals surface area contributed by atoms with E-state index in [1.54, 1.807) is 17.4 Å². The van der Waals surface area contributed by atoms with E-state index in [2.05, 4.69) is 11.0 Å². The highest BCUT2D eigenvalue weighted by atomic mass is 32.2. The number of hydrogen-bond acceptors (Lipinski definition) is 4. The number of fused-ring (bicyclic) bond motifs is 5. The Hall–Kier alpha value is -1.80. The molecule has 0 saturated carbocycles. The molecule has 4 rings (SSSR count). The topological polar surface area (TPSA) is 12.5 Å². The largest absolute Gasteiger partial charge is 0.416 e. The molecule has 0 radical (unpaired) electrons. The number of rotatable bonds is 5. The van der Waals surface area contributed by atoms with Crippen molar-refractivity contribution in [3.63, 3.8) is 0 Å². The molecule has 1 aromatic heterocycles. The first kappa shape index (κ1) is 20.5. The van der Waals surface area contributed by atoms with Gasteiger partial charge in [-0.25, -0.2) is 0 Å². The van der Waals surface area contributed by atoms with Crippen LogP contribution in [0.15, 0.2) is 58.3 Å². The van der Waals surface area contributed by atoms with Crippen molar-refractivity contribution in [3.8, 4) is 21.6 Å². The van der Waals surface area contributed by atoms with Gasteiger partial charge in [0.25, 0.3) is 0 Å². The van der Waals surface area contributed by atoms with Crippen LogP contribution in [-0.4, -0.2) is 32.1 Å². The van der Waals surface area contributed by atoms with E-state index >= 15 is 0 Å². The summed E-state index contributed by atoms with van der Waals surface area (Å²) >= 11 is 2.99. The number of alkyl halides is 3. The first-order valence-electron chi connectivity index (χ1n) is 9.17. The van der Waals surface area contributed by atoms with E-state index in [1.807, 2.05) is 38.4 Å². The summed E-state index contributed by atoms with van der Waals surface area (Å²) in [5.41, 5.74) is 2.34. The number of thiophene rings is 1. The summed E-state index contributed by atoms with van der Waals surface area (Å²) in [6, 6.07) is 14.0. The van der Waals surface area contributed by atoms with E-state index in [4.69, 9.17) is 4.74 Å². The molecular formula is C22H20F3NOS2. The van der Waals surface area contributed by atoms with Crippen LogP contribution in [0.2, 0.25) is 0 Å². The maximum absolute atomic E-state index is 13.3. The molecule has 1 aliphatic heterocycles. The molecule has 0 amide bonds. The van der Waals surface area contributed by atoms with Gasteiger partial charge < -0.3 is 9.64 Å². The Kier molecular flexibility index (Phi) is 5.75. The molecule has 0 bridgehead atoms. The molecule has 29 heavy (non-hydrogen) atoms. The Morgan fingerprint density at radius 3 is 2.48 bits per heavy atom. The summed E-state index contributed by atoms with van der Waals surface area (Å²) in [6.45, 7) is 1.97. The van der Waals surface area contributed by atoms with Crippen LogP contribution in [0, 0.1) is 0 Å². The fourth-order valence-electron chi connectivity index (χ4n) is 3.20. The van der Waals surface area contributed by atoms with Crippen molar-refractivity contribution in [3.05, 3.63) is 59.0 Å². The van der Waals surface area contributed by atoms with Gasteiger partial charge in [0.2, 0.25) is 0 Å². The Bertz CT molecular complexity index is 1030. The minimum atomic E-state index is -4.36. The van der Waals surface area contributed by atoms with Gasteiger partial charge in [-0.3, -0.25) is 0 Å². The normalized spacial score (nSPS) is 13.0. The molecule has 2 aromatic carbocycles. The summed E-state index contributed by atoms with van der Waals surface area (Å²) in [6.07, 6.45) is -4.36. The highest BCUT2D eigenvalue weighted by Gasteiger charge is 2.32. The van der Waals surface area contributed by atoms with Crippen LogP contribution in [-0.2, 0) is 17.5 Å². The number of ether oxygens (including phenoxy) is 1. The van der Waals surface area contributed by atoms with E-state index in [1.165, 1.54) is 23.9 Å². The molecule has 0 unspecified atom stereocenters. The van der Waals surface area contributed by atoms with E-state index < -0.39 is 11.7 Å². The van der Waals surface area contributed by atoms with Crippen LogP contribution >= 0.6 is 23.1 Å². The van der Waals surface area contributed by atoms with Crippen LogP contribution in [0.5, 0.6) is 0 Å². The molecular weight excluding hydrogens is 415 g/mol. The second kappa shape index (κ2) is 8.14. The van der Waals surface area contributed by atoms with Crippen molar-refractivity contribution in [2.45, 2.75) is 22.6 Å². The Morgan fingerprint density at radius 2 is 1.72 bits per heavy atom. The number of nitrogens with zero attached hydrogens (tertiary/aromatic N) is 1. The molecule has 0 aliphatic carbocycles. The molecule has 152 valence electrons.